The molecule has 0 aliphatic heterocycles. The van der Waals surface area contributed by atoms with Gasteiger partial charge in [0.15, 0.2) is 0 Å². The van der Waals surface area contributed by atoms with Crippen LogP contribution in [-0.2, 0) is 0 Å². The largest absolute Gasteiger partial charge is 0.0853 e. The van der Waals surface area contributed by atoms with Crippen molar-refractivity contribution >= 4 is 0 Å². The lowest BCUT2D eigenvalue weighted by Gasteiger charge is -2.62. The first kappa shape index (κ1) is 25.4. The van der Waals surface area contributed by atoms with Gasteiger partial charge >= 0.3 is 0 Å². The molecule has 6 rings (SSSR count). The van der Waals surface area contributed by atoms with E-state index in [1.54, 1.807) is 76.2 Å². The summed E-state index contributed by atoms with van der Waals surface area (Å²) in [7, 11) is 0. The van der Waals surface area contributed by atoms with Crippen LogP contribution in [0.1, 0.15) is 144 Å². The van der Waals surface area contributed by atoms with E-state index < -0.39 is 0 Å². The lowest BCUT2D eigenvalue weighted by molar-refractivity contribution is -0.126. The minimum absolute atomic E-state index is 0.663. The summed E-state index contributed by atoms with van der Waals surface area (Å²) in [4.78, 5) is 0. The van der Waals surface area contributed by atoms with Crippen molar-refractivity contribution in [2.24, 2.45) is 58.2 Å². The van der Waals surface area contributed by atoms with Crippen LogP contribution in [0.3, 0.4) is 0 Å². The van der Waals surface area contributed by atoms with E-state index in [4.69, 9.17) is 0 Å². The van der Waals surface area contributed by atoms with E-state index in [0.717, 1.165) is 47.3 Å². The molecule has 34 heavy (non-hydrogen) atoms. The van der Waals surface area contributed by atoms with Gasteiger partial charge in [-0.15, -0.1) is 0 Å². The van der Waals surface area contributed by atoms with Gasteiger partial charge in [0.05, 0.1) is 0 Å². The van der Waals surface area contributed by atoms with Crippen LogP contribution < -0.4 is 0 Å². The fourth-order valence-corrected chi connectivity index (χ4v) is 10.9. The highest BCUT2D eigenvalue weighted by Gasteiger charge is 2.60. The van der Waals surface area contributed by atoms with Gasteiger partial charge in [0.2, 0.25) is 0 Å². The van der Waals surface area contributed by atoms with Gasteiger partial charge in [0.1, 0.15) is 0 Å². The van der Waals surface area contributed by atoms with Crippen molar-refractivity contribution in [3.63, 3.8) is 0 Å². The Hall–Kier alpha value is -0.260. The van der Waals surface area contributed by atoms with Gasteiger partial charge in [-0.2, -0.15) is 0 Å². The van der Waals surface area contributed by atoms with Gasteiger partial charge in [-0.3, -0.25) is 0 Å². The third kappa shape index (κ3) is 4.28. The minimum atomic E-state index is 0.663. The lowest BCUT2D eigenvalue weighted by Crippen LogP contribution is -2.54. The van der Waals surface area contributed by atoms with Crippen molar-refractivity contribution in [1.29, 1.82) is 0 Å². The van der Waals surface area contributed by atoms with Crippen LogP contribution in [0, 0.1) is 58.2 Å². The normalized spacial score (nSPS) is 46.6. The highest BCUT2D eigenvalue weighted by Crippen LogP contribution is 2.69. The standard InChI is InChI=1S/C32H52.C2H6/c1-22(7-4-8-23-9-5-10-23)28-15-16-29-27-14-13-26-21-25(24-11-6-12-24)17-19-31(26,2)30(27)18-20-32(28,29)3;1-2/h8,22,24-30H,4-7,9-21H2,1-3H3;1-2H3. The molecule has 6 fully saturated rings. The second-order valence-electron chi connectivity index (χ2n) is 14.4. The lowest BCUT2D eigenvalue weighted by atomic mass is 9.43. The molecular formula is C34H58. The van der Waals surface area contributed by atoms with Crippen molar-refractivity contribution in [3.8, 4) is 0 Å². The van der Waals surface area contributed by atoms with Gasteiger partial charge in [-0.25, -0.2) is 0 Å². The molecule has 0 aromatic heterocycles. The molecule has 0 amide bonds. The van der Waals surface area contributed by atoms with Crippen LogP contribution in [0.15, 0.2) is 11.6 Å². The molecule has 6 aliphatic rings. The summed E-state index contributed by atoms with van der Waals surface area (Å²) in [6.07, 6.45) is 28.6. The molecule has 6 saturated carbocycles. The quantitative estimate of drug-likeness (QED) is 0.353. The van der Waals surface area contributed by atoms with Gasteiger partial charge in [-0.1, -0.05) is 65.5 Å². The molecule has 0 bridgehead atoms. The van der Waals surface area contributed by atoms with E-state index in [0.29, 0.717) is 10.8 Å². The molecule has 0 spiro atoms. The average molecular weight is 467 g/mol. The highest BCUT2D eigenvalue weighted by molar-refractivity contribution is 5.11. The van der Waals surface area contributed by atoms with Crippen LogP contribution in [0.2, 0.25) is 0 Å². The Labute approximate surface area is 213 Å². The van der Waals surface area contributed by atoms with Gasteiger partial charge in [0.25, 0.3) is 0 Å². The molecule has 194 valence electrons. The molecule has 0 N–H and O–H groups in total. The molecule has 0 heterocycles. The molecule has 9 unspecified atom stereocenters. The molecule has 6 aliphatic carbocycles. The Kier molecular flexibility index (Phi) is 7.65. The van der Waals surface area contributed by atoms with Crippen molar-refractivity contribution < 1.29 is 0 Å². The Morgan fingerprint density at radius 3 is 2.21 bits per heavy atom. The molecule has 0 aromatic carbocycles. The molecule has 0 nitrogen and oxygen atoms in total. The fraction of sp³-hybridized carbons (Fsp3) is 0.941. The maximum atomic E-state index is 2.79. The summed E-state index contributed by atoms with van der Waals surface area (Å²) in [5.74, 6) is 8.45. The van der Waals surface area contributed by atoms with Gasteiger partial charge < -0.3 is 0 Å². The topological polar surface area (TPSA) is 0 Å². The van der Waals surface area contributed by atoms with Crippen LogP contribution in [0.5, 0.6) is 0 Å². The zero-order chi connectivity index (χ0) is 23.9. The first-order valence-electron chi connectivity index (χ1n) is 16.2. The summed E-state index contributed by atoms with van der Waals surface area (Å²) >= 11 is 0. The third-order valence-corrected chi connectivity index (χ3v) is 13.3. The van der Waals surface area contributed by atoms with Crippen molar-refractivity contribution in [2.75, 3.05) is 0 Å². The average Bonchev–Trinajstić information content (AvgIpc) is 3.13. The number of allylic oxidation sites excluding steroid dienone is 2. The van der Waals surface area contributed by atoms with E-state index in [1.165, 1.54) is 38.5 Å². The SMILES string of the molecule is CC.CC(CCC=C1CCC1)C1CCC2C3CCC4CC(C5CCC5)CCC4(C)C3CCC12C. The Bertz CT molecular complexity index is 708. The maximum Gasteiger partial charge on any atom is -0.0264 e. The molecular weight excluding hydrogens is 408 g/mol. The number of hydrogen-bond acceptors (Lipinski definition) is 0. The first-order valence-corrected chi connectivity index (χ1v) is 16.2. The predicted molar refractivity (Wildman–Crippen MR) is 148 cm³/mol. The van der Waals surface area contributed by atoms with E-state index >= 15 is 0 Å². The van der Waals surface area contributed by atoms with Crippen molar-refractivity contribution in [1.82, 2.24) is 0 Å². The summed E-state index contributed by atoms with van der Waals surface area (Å²) in [5, 5.41) is 0. The second kappa shape index (κ2) is 10.2. The van der Waals surface area contributed by atoms with Crippen molar-refractivity contribution in [2.45, 2.75) is 144 Å². The van der Waals surface area contributed by atoms with Crippen LogP contribution >= 0.6 is 0 Å². The highest BCUT2D eigenvalue weighted by atomic mass is 14.7. The number of rotatable bonds is 5. The van der Waals surface area contributed by atoms with Crippen LogP contribution in [-0.4, -0.2) is 0 Å². The van der Waals surface area contributed by atoms with Crippen LogP contribution in [0.25, 0.3) is 0 Å². The first-order chi connectivity index (χ1) is 16.5. The zero-order valence-electron chi connectivity index (χ0n) is 23.7. The molecule has 0 aromatic rings. The van der Waals surface area contributed by atoms with E-state index in [-0.39, 0.29) is 0 Å². The van der Waals surface area contributed by atoms with E-state index in [1.807, 2.05) is 13.8 Å². The molecule has 0 heteroatoms. The predicted octanol–water partition coefficient (Wildman–Crippen LogP) is 10.6. The van der Waals surface area contributed by atoms with E-state index in [9.17, 15) is 0 Å². The smallest absolute Gasteiger partial charge is 0.0264 e. The zero-order valence-corrected chi connectivity index (χ0v) is 23.7. The monoisotopic (exact) mass is 466 g/mol. The summed E-state index contributed by atoms with van der Waals surface area (Å²) in [5.41, 5.74) is 3.13. The Morgan fingerprint density at radius 2 is 1.53 bits per heavy atom. The van der Waals surface area contributed by atoms with Crippen LogP contribution in [0.4, 0.5) is 0 Å². The Morgan fingerprint density at radius 1 is 0.794 bits per heavy atom. The summed E-state index contributed by atoms with van der Waals surface area (Å²) < 4.78 is 0. The molecule has 0 saturated heterocycles. The summed E-state index contributed by atoms with van der Waals surface area (Å²) in [6.45, 7) is 12.2. The van der Waals surface area contributed by atoms with Gasteiger partial charge in [-0.05, 0) is 148 Å². The van der Waals surface area contributed by atoms with Gasteiger partial charge in [0, 0.05) is 0 Å². The fourth-order valence-electron chi connectivity index (χ4n) is 10.9. The van der Waals surface area contributed by atoms with Crippen molar-refractivity contribution in [3.05, 3.63) is 11.6 Å². The third-order valence-electron chi connectivity index (χ3n) is 13.3. The Balaban J connectivity index is 0.00000117. The second-order valence-corrected chi connectivity index (χ2v) is 14.4. The molecule has 9 atom stereocenters. The molecule has 0 radical (unpaired) electrons. The number of hydrogen-bond donors (Lipinski definition) is 0. The number of fused-ring (bicyclic) bond motifs is 5. The summed E-state index contributed by atoms with van der Waals surface area (Å²) in [6, 6.07) is 0. The van der Waals surface area contributed by atoms with E-state index in [2.05, 4.69) is 26.8 Å². The minimum Gasteiger partial charge on any atom is -0.0853 e. The maximum absolute atomic E-state index is 2.79.